The van der Waals surface area contributed by atoms with Gasteiger partial charge in [0, 0.05) is 10.7 Å². The average Bonchev–Trinajstić information content (AvgIpc) is 2.60. The Morgan fingerprint density at radius 1 is 1.24 bits per heavy atom. The van der Waals surface area contributed by atoms with Crippen molar-refractivity contribution in [3.05, 3.63) is 59.1 Å². The first-order valence-corrected chi connectivity index (χ1v) is 7.74. The molecule has 0 spiro atoms. The smallest absolute Gasteiger partial charge is 0.344 e. The van der Waals surface area contributed by atoms with Crippen molar-refractivity contribution < 1.29 is 19.1 Å². The van der Waals surface area contributed by atoms with Gasteiger partial charge in [0.05, 0.1) is 11.6 Å². The number of nitrogens with one attached hydrogen (secondary N) is 1. The molecule has 6 nitrogen and oxygen atoms in total. The molecule has 0 heterocycles. The largest absolute Gasteiger partial charge is 0.482 e. The van der Waals surface area contributed by atoms with Crippen molar-refractivity contribution in [2.45, 2.75) is 13.0 Å². The summed E-state index contributed by atoms with van der Waals surface area (Å²) in [6.45, 7) is 1.11. The Morgan fingerprint density at radius 2 is 1.96 bits per heavy atom. The minimum atomic E-state index is -0.990. The van der Waals surface area contributed by atoms with Gasteiger partial charge in [-0.1, -0.05) is 17.7 Å². The van der Waals surface area contributed by atoms with E-state index in [1.54, 1.807) is 48.5 Å². The number of amides is 1. The molecular weight excluding hydrogens is 344 g/mol. The van der Waals surface area contributed by atoms with E-state index in [1.165, 1.54) is 6.92 Å². The van der Waals surface area contributed by atoms with Gasteiger partial charge in [-0.3, -0.25) is 4.79 Å². The van der Waals surface area contributed by atoms with E-state index in [9.17, 15) is 9.59 Å². The summed E-state index contributed by atoms with van der Waals surface area (Å²) in [5.74, 6) is -0.737. The highest BCUT2D eigenvalue weighted by Gasteiger charge is 2.18. The second-order valence-corrected chi connectivity index (χ2v) is 5.49. The summed E-state index contributed by atoms with van der Waals surface area (Å²) >= 11 is 5.84. The zero-order chi connectivity index (χ0) is 18.2. The predicted octanol–water partition coefficient (Wildman–Crippen LogP) is 3.16. The summed E-state index contributed by atoms with van der Waals surface area (Å²) in [6.07, 6.45) is -0.990. The first kappa shape index (κ1) is 18.3. The number of nitrogens with zero attached hydrogens (tertiary/aromatic N) is 1. The van der Waals surface area contributed by atoms with Crippen LogP contribution in [0.25, 0.3) is 0 Å². The van der Waals surface area contributed by atoms with Gasteiger partial charge in [0.25, 0.3) is 5.91 Å². The Morgan fingerprint density at radius 3 is 2.60 bits per heavy atom. The van der Waals surface area contributed by atoms with Gasteiger partial charge in [-0.2, -0.15) is 5.26 Å². The minimum absolute atomic E-state index is 0.347. The molecule has 0 aliphatic carbocycles. The molecule has 0 saturated heterocycles. The lowest BCUT2D eigenvalue weighted by molar-refractivity contribution is -0.155. The molecule has 0 saturated carbocycles. The number of ether oxygens (including phenoxy) is 2. The van der Waals surface area contributed by atoms with Crippen molar-refractivity contribution in [2.75, 3.05) is 11.9 Å². The van der Waals surface area contributed by atoms with E-state index in [0.29, 0.717) is 22.0 Å². The number of halogens is 1. The van der Waals surface area contributed by atoms with E-state index >= 15 is 0 Å². The molecule has 1 amide bonds. The SMILES string of the molecule is C[C@H](OC(=O)COc1ccc(C#N)cc1)C(=O)Nc1cccc(Cl)c1. The summed E-state index contributed by atoms with van der Waals surface area (Å²) in [6, 6.07) is 14.9. The van der Waals surface area contributed by atoms with Gasteiger partial charge in [-0.15, -0.1) is 0 Å². The molecule has 0 fully saturated rings. The van der Waals surface area contributed by atoms with Gasteiger partial charge >= 0.3 is 5.97 Å². The third-order valence-electron chi connectivity index (χ3n) is 3.11. The lowest BCUT2D eigenvalue weighted by atomic mass is 10.2. The quantitative estimate of drug-likeness (QED) is 0.801. The van der Waals surface area contributed by atoms with Crippen LogP contribution in [-0.4, -0.2) is 24.6 Å². The molecule has 0 aromatic heterocycles. The molecule has 2 aromatic carbocycles. The van der Waals surface area contributed by atoms with Crippen LogP contribution < -0.4 is 10.1 Å². The lowest BCUT2D eigenvalue weighted by Gasteiger charge is -2.14. The molecule has 0 aliphatic rings. The van der Waals surface area contributed by atoms with E-state index in [1.807, 2.05) is 6.07 Å². The van der Waals surface area contributed by atoms with Crippen LogP contribution in [0.1, 0.15) is 12.5 Å². The van der Waals surface area contributed by atoms with E-state index in [2.05, 4.69) is 5.32 Å². The fourth-order valence-corrected chi connectivity index (χ4v) is 2.05. The van der Waals surface area contributed by atoms with Crippen molar-refractivity contribution >= 4 is 29.2 Å². The molecule has 2 rings (SSSR count). The van der Waals surface area contributed by atoms with Crippen molar-refractivity contribution in [3.8, 4) is 11.8 Å². The first-order valence-electron chi connectivity index (χ1n) is 7.37. The zero-order valence-electron chi connectivity index (χ0n) is 13.4. The highest BCUT2D eigenvalue weighted by atomic mass is 35.5. The molecular formula is C18H15ClN2O4. The van der Waals surface area contributed by atoms with Crippen molar-refractivity contribution in [2.24, 2.45) is 0 Å². The third-order valence-corrected chi connectivity index (χ3v) is 3.34. The van der Waals surface area contributed by atoms with Crippen molar-refractivity contribution in [3.63, 3.8) is 0 Å². The molecule has 0 bridgehead atoms. The molecule has 0 radical (unpaired) electrons. The number of carbonyl (C=O) groups is 2. The Kier molecular flexibility index (Phi) is 6.38. The van der Waals surface area contributed by atoms with Crippen LogP contribution >= 0.6 is 11.6 Å². The fourth-order valence-electron chi connectivity index (χ4n) is 1.86. The van der Waals surface area contributed by atoms with E-state index in [4.69, 9.17) is 26.3 Å². The molecule has 0 aliphatic heterocycles. The summed E-state index contributed by atoms with van der Waals surface area (Å²) < 4.78 is 10.3. The molecule has 1 N–H and O–H groups in total. The van der Waals surface area contributed by atoms with Gasteiger partial charge in [0.2, 0.25) is 0 Å². The van der Waals surface area contributed by atoms with Crippen molar-refractivity contribution in [1.29, 1.82) is 5.26 Å². The van der Waals surface area contributed by atoms with Gasteiger partial charge in [-0.25, -0.2) is 4.79 Å². The first-order chi connectivity index (χ1) is 12.0. The van der Waals surface area contributed by atoms with Crippen molar-refractivity contribution in [1.82, 2.24) is 0 Å². The van der Waals surface area contributed by atoms with Crippen LogP contribution in [0.5, 0.6) is 5.75 Å². The van der Waals surface area contributed by atoms with Crippen LogP contribution in [0.4, 0.5) is 5.69 Å². The Labute approximate surface area is 149 Å². The standard InChI is InChI=1S/C18H15ClN2O4/c1-12(18(23)21-15-4-2-3-14(19)9-15)25-17(22)11-24-16-7-5-13(10-20)6-8-16/h2-9,12H,11H2,1H3,(H,21,23)/t12-/m0/s1. The Balaban J connectivity index is 1.80. The van der Waals surface area contributed by atoms with Gasteiger partial charge in [0.1, 0.15) is 5.75 Å². The van der Waals surface area contributed by atoms with Crippen LogP contribution in [-0.2, 0) is 14.3 Å². The van der Waals surface area contributed by atoms with Gasteiger partial charge in [0.15, 0.2) is 12.7 Å². The molecule has 1 atom stereocenters. The third kappa shape index (κ3) is 5.83. The maximum absolute atomic E-state index is 12.0. The normalized spacial score (nSPS) is 11.1. The van der Waals surface area contributed by atoms with Crippen LogP contribution in [0.2, 0.25) is 5.02 Å². The van der Waals surface area contributed by atoms with Crippen LogP contribution in [0.3, 0.4) is 0 Å². The number of benzene rings is 2. The van der Waals surface area contributed by atoms with Gasteiger partial charge < -0.3 is 14.8 Å². The average molecular weight is 359 g/mol. The number of esters is 1. The summed E-state index contributed by atoms with van der Waals surface area (Å²) in [7, 11) is 0. The molecule has 7 heteroatoms. The molecule has 0 unspecified atom stereocenters. The number of nitriles is 1. The van der Waals surface area contributed by atoms with E-state index < -0.39 is 18.0 Å². The summed E-state index contributed by atoms with van der Waals surface area (Å²) in [5.41, 5.74) is 0.996. The second kappa shape index (κ2) is 8.71. The minimum Gasteiger partial charge on any atom is -0.482 e. The van der Waals surface area contributed by atoms with Crippen LogP contribution in [0, 0.1) is 11.3 Å². The van der Waals surface area contributed by atoms with Crippen LogP contribution in [0.15, 0.2) is 48.5 Å². The molecule has 25 heavy (non-hydrogen) atoms. The highest BCUT2D eigenvalue weighted by molar-refractivity contribution is 6.30. The Bertz CT molecular complexity index is 799. The number of hydrogen-bond donors (Lipinski definition) is 1. The van der Waals surface area contributed by atoms with E-state index in [-0.39, 0.29) is 6.61 Å². The predicted molar refractivity (Wildman–Crippen MR) is 92.3 cm³/mol. The molecule has 128 valence electrons. The zero-order valence-corrected chi connectivity index (χ0v) is 14.1. The highest BCUT2D eigenvalue weighted by Crippen LogP contribution is 2.15. The second-order valence-electron chi connectivity index (χ2n) is 5.06. The molecule has 2 aromatic rings. The number of rotatable bonds is 6. The monoisotopic (exact) mass is 358 g/mol. The summed E-state index contributed by atoms with van der Waals surface area (Å²) in [4.78, 5) is 23.8. The number of hydrogen-bond acceptors (Lipinski definition) is 5. The maximum Gasteiger partial charge on any atom is 0.344 e. The lowest BCUT2D eigenvalue weighted by Crippen LogP contribution is -2.31. The summed E-state index contributed by atoms with van der Waals surface area (Å²) in [5, 5.41) is 11.8. The maximum atomic E-state index is 12.0. The van der Waals surface area contributed by atoms with E-state index in [0.717, 1.165) is 0 Å². The number of carbonyl (C=O) groups excluding carboxylic acids is 2. The van der Waals surface area contributed by atoms with Gasteiger partial charge in [-0.05, 0) is 49.4 Å². The topological polar surface area (TPSA) is 88.4 Å². The fraction of sp³-hybridized carbons (Fsp3) is 0.167. The number of anilines is 1. The Hall–Kier alpha value is -3.04.